The molecule has 1 fully saturated rings. The van der Waals surface area contributed by atoms with E-state index in [0.29, 0.717) is 5.41 Å². The fourth-order valence-electron chi connectivity index (χ4n) is 2.65. The van der Waals surface area contributed by atoms with Crippen LogP contribution in [0.1, 0.15) is 38.4 Å². The summed E-state index contributed by atoms with van der Waals surface area (Å²) in [6.07, 6.45) is 9.62. The molecule has 0 aromatic carbocycles. The standard InChI is InChI=1S/C17H27N3O.HI/c1-3-11-18-16(19-12-8-15-7-5-13-21-15)20-14-17(4-2)9-6-10-17;/h3,5,7,13H,1,4,6,8-12,14H2,2H3,(H2,18,19,20);1H. The van der Waals surface area contributed by atoms with Crippen LogP contribution in [0, 0.1) is 5.41 Å². The molecule has 1 heterocycles. The van der Waals surface area contributed by atoms with Gasteiger partial charge in [0.15, 0.2) is 5.96 Å². The van der Waals surface area contributed by atoms with Gasteiger partial charge in [-0.2, -0.15) is 0 Å². The van der Waals surface area contributed by atoms with Crippen LogP contribution in [0.15, 0.2) is 40.5 Å². The van der Waals surface area contributed by atoms with E-state index in [9.17, 15) is 0 Å². The summed E-state index contributed by atoms with van der Waals surface area (Å²) >= 11 is 0. The van der Waals surface area contributed by atoms with Crippen LogP contribution in [-0.4, -0.2) is 25.6 Å². The Morgan fingerprint density at radius 2 is 2.27 bits per heavy atom. The molecule has 4 nitrogen and oxygen atoms in total. The average Bonchev–Trinajstić information content (AvgIpc) is 2.96. The summed E-state index contributed by atoms with van der Waals surface area (Å²) in [5, 5.41) is 6.65. The maximum Gasteiger partial charge on any atom is 0.191 e. The van der Waals surface area contributed by atoms with Gasteiger partial charge in [0.2, 0.25) is 0 Å². The van der Waals surface area contributed by atoms with Gasteiger partial charge >= 0.3 is 0 Å². The molecule has 0 unspecified atom stereocenters. The minimum absolute atomic E-state index is 0. The Morgan fingerprint density at radius 1 is 1.45 bits per heavy atom. The van der Waals surface area contributed by atoms with Crippen LogP contribution in [0.25, 0.3) is 0 Å². The summed E-state index contributed by atoms with van der Waals surface area (Å²) in [7, 11) is 0. The van der Waals surface area contributed by atoms with Crippen LogP contribution in [0.4, 0.5) is 0 Å². The molecule has 1 aromatic heterocycles. The average molecular weight is 417 g/mol. The van der Waals surface area contributed by atoms with Crippen LogP contribution in [0.3, 0.4) is 0 Å². The normalized spacial score (nSPS) is 16.3. The van der Waals surface area contributed by atoms with Gasteiger partial charge in [-0.05, 0) is 36.8 Å². The van der Waals surface area contributed by atoms with E-state index in [0.717, 1.165) is 37.8 Å². The first-order valence-electron chi connectivity index (χ1n) is 7.93. The molecule has 1 aromatic rings. The van der Waals surface area contributed by atoms with Gasteiger partial charge in [-0.1, -0.05) is 19.4 Å². The van der Waals surface area contributed by atoms with Gasteiger partial charge in [0, 0.05) is 26.1 Å². The van der Waals surface area contributed by atoms with E-state index in [4.69, 9.17) is 9.41 Å². The molecule has 0 radical (unpaired) electrons. The van der Waals surface area contributed by atoms with Gasteiger partial charge in [-0.3, -0.25) is 4.99 Å². The zero-order chi connectivity index (χ0) is 15.0. The Labute approximate surface area is 150 Å². The molecule has 0 atom stereocenters. The van der Waals surface area contributed by atoms with Gasteiger partial charge < -0.3 is 15.1 Å². The molecular weight excluding hydrogens is 389 g/mol. The molecule has 22 heavy (non-hydrogen) atoms. The third kappa shape index (κ3) is 5.66. The van der Waals surface area contributed by atoms with Crippen molar-refractivity contribution >= 4 is 29.9 Å². The molecule has 1 aliphatic carbocycles. The van der Waals surface area contributed by atoms with Crippen molar-refractivity contribution < 1.29 is 4.42 Å². The molecule has 1 aliphatic rings. The number of rotatable bonds is 8. The monoisotopic (exact) mass is 417 g/mol. The van der Waals surface area contributed by atoms with Crippen LogP contribution < -0.4 is 10.6 Å². The molecule has 0 aliphatic heterocycles. The van der Waals surface area contributed by atoms with Crippen LogP contribution in [-0.2, 0) is 6.42 Å². The van der Waals surface area contributed by atoms with E-state index < -0.39 is 0 Å². The molecule has 2 rings (SSSR count). The predicted molar refractivity (Wildman–Crippen MR) is 103 cm³/mol. The molecule has 0 spiro atoms. The number of guanidine groups is 1. The lowest BCUT2D eigenvalue weighted by Gasteiger charge is -2.40. The number of hydrogen-bond acceptors (Lipinski definition) is 2. The highest BCUT2D eigenvalue weighted by molar-refractivity contribution is 14.0. The van der Waals surface area contributed by atoms with E-state index in [1.807, 2.05) is 18.2 Å². The second-order valence-electron chi connectivity index (χ2n) is 5.80. The highest BCUT2D eigenvalue weighted by Gasteiger charge is 2.34. The van der Waals surface area contributed by atoms with E-state index in [1.165, 1.54) is 25.7 Å². The maximum atomic E-state index is 5.34. The zero-order valence-corrected chi connectivity index (χ0v) is 15.8. The van der Waals surface area contributed by atoms with Crippen molar-refractivity contribution in [1.29, 1.82) is 0 Å². The van der Waals surface area contributed by atoms with Crippen molar-refractivity contribution in [2.75, 3.05) is 19.6 Å². The molecule has 0 saturated heterocycles. The first-order valence-corrected chi connectivity index (χ1v) is 7.93. The van der Waals surface area contributed by atoms with Gasteiger partial charge in [-0.25, -0.2) is 0 Å². The predicted octanol–water partition coefficient (Wildman–Crippen LogP) is 3.74. The van der Waals surface area contributed by atoms with Crippen LogP contribution >= 0.6 is 24.0 Å². The molecule has 124 valence electrons. The van der Waals surface area contributed by atoms with Gasteiger partial charge in [0.1, 0.15) is 5.76 Å². The largest absolute Gasteiger partial charge is 0.469 e. The number of halogens is 1. The minimum atomic E-state index is 0. The topological polar surface area (TPSA) is 49.6 Å². The molecule has 0 amide bonds. The lowest BCUT2D eigenvalue weighted by molar-refractivity contribution is 0.139. The lowest BCUT2D eigenvalue weighted by atomic mass is 9.67. The first-order chi connectivity index (χ1) is 10.3. The zero-order valence-electron chi connectivity index (χ0n) is 13.4. The molecule has 2 N–H and O–H groups in total. The van der Waals surface area contributed by atoms with Crippen molar-refractivity contribution in [1.82, 2.24) is 10.6 Å². The van der Waals surface area contributed by atoms with E-state index >= 15 is 0 Å². The van der Waals surface area contributed by atoms with Crippen LogP contribution in [0.2, 0.25) is 0 Å². The van der Waals surface area contributed by atoms with Crippen molar-refractivity contribution in [3.8, 4) is 0 Å². The third-order valence-corrected chi connectivity index (χ3v) is 4.39. The second kappa shape index (κ2) is 9.92. The van der Waals surface area contributed by atoms with Crippen molar-refractivity contribution in [2.45, 2.75) is 39.0 Å². The number of furan rings is 1. The quantitative estimate of drug-likeness (QED) is 0.293. The number of hydrogen-bond donors (Lipinski definition) is 2. The summed E-state index contributed by atoms with van der Waals surface area (Å²) in [6.45, 7) is 8.48. The smallest absolute Gasteiger partial charge is 0.191 e. The molecular formula is C17H28IN3O. The van der Waals surface area contributed by atoms with Crippen molar-refractivity contribution in [3.05, 3.63) is 36.8 Å². The summed E-state index contributed by atoms with van der Waals surface area (Å²) in [5.74, 6) is 1.87. The number of nitrogens with one attached hydrogen (secondary N) is 2. The fourth-order valence-corrected chi connectivity index (χ4v) is 2.65. The maximum absolute atomic E-state index is 5.34. The van der Waals surface area contributed by atoms with E-state index in [-0.39, 0.29) is 24.0 Å². The minimum Gasteiger partial charge on any atom is -0.469 e. The third-order valence-electron chi connectivity index (χ3n) is 4.39. The lowest BCUT2D eigenvalue weighted by Crippen LogP contribution is -2.40. The summed E-state index contributed by atoms with van der Waals surface area (Å²) in [5.41, 5.74) is 0.448. The van der Waals surface area contributed by atoms with E-state index in [1.54, 1.807) is 6.26 Å². The Morgan fingerprint density at radius 3 is 2.82 bits per heavy atom. The highest BCUT2D eigenvalue weighted by atomic mass is 127. The van der Waals surface area contributed by atoms with Gasteiger partial charge in [0.05, 0.1) is 6.26 Å². The number of nitrogens with zero attached hydrogens (tertiary/aromatic N) is 1. The number of aliphatic imine (C=N–C) groups is 1. The van der Waals surface area contributed by atoms with Gasteiger partial charge in [-0.15, -0.1) is 30.6 Å². The first kappa shape index (κ1) is 19.1. The van der Waals surface area contributed by atoms with Gasteiger partial charge in [0.25, 0.3) is 0 Å². The Balaban J connectivity index is 0.00000242. The summed E-state index contributed by atoms with van der Waals surface area (Å²) in [6, 6.07) is 3.91. The Bertz CT molecular complexity index is 447. The highest BCUT2D eigenvalue weighted by Crippen LogP contribution is 2.43. The summed E-state index contributed by atoms with van der Waals surface area (Å²) in [4.78, 5) is 4.76. The van der Waals surface area contributed by atoms with E-state index in [2.05, 4.69) is 24.1 Å². The summed E-state index contributed by atoms with van der Waals surface area (Å²) < 4.78 is 5.34. The second-order valence-corrected chi connectivity index (χ2v) is 5.80. The Kier molecular flexibility index (Phi) is 8.60. The van der Waals surface area contributed by atoms with Crippen molar-refractivity contribution in [2.24, 2.45) is 10.4 Å². The fraction of sp³-hybridized carbons (Fsp3) is 0.588. The molecule has 1 saturated carbocycles. The molecule has 0 bridgehead atoms. The SMILES string of the molecule is C=CCNC(=NCC1(CC)CCC1)NCCc1ccco1.I. The Hall–Kier alpha value is -0.980. The molecule has 5 heteroatoms. The van der Waals surface area contributed by atoms with Crippen molar-refractivity contribution in [3.63, 3.8) is 0 Å². The van der Waals surface area contributed by atoms with Crippen LogP contribution in [0.5, 0.6) is 0 Å².